The number of ether oxygens (including phenoxy) is 2. The highest BCUT2D eigenvalue weighted by molar-refractivity contribution is 5.19. The van der Waals surface area contributed by atoms with E-state index in [2.05, 4.69) is 47.6 Å². The van der Waals surface area contributed by atoms with E-state index in [1.54, 1.807) is 0 Å². The number of hydrogen-bond donors (Lipinski definition) is 0. The third kappa shape index (κ3) is 1.80. The average molecular weight is 304 g/mol. The first-order valence-corrected chi connectivity index (χ1v) is 9.16. The number of rotatable bonds is 2. The van der Waals surface area contributed by atoms with Crippen molar-refractivity contribution in [3.05, 3.63) is 11.6 Å². The van der Waals surface area contributed by atoms with Gasteiger partial charge in [-0.15, -0.1) is 0 Å². The lowest BCUT2D eigenvalue weighted by atomic mass is 9.43. The van der Waals surface area contributed by atoms with Crippen LogP contribution in [0.1, 0.15) is 67.2 Å². The van der Waals surface area contributed by atoms with Gasteiger partial charge < -0.3 is 9.47 Å². The summed E-state index contributed by atoms with van der Waals surface area (Å²) in [6.07, 6.45) is 7.51. The number of allylic oxidation sites excluding steroid dienone is 2. The summed E-state index contributed by atoms with van der Waals surface area (Å²) < 4.78 is 13.0. The van der Waals surface area contributed by atoms with Crippen LogP contribution >= 0.6 is 0 Å². The van der Waals surface area contributed by atoms with Gasteiger partial charge in [0.15, 0.2) is 6.29 Å². The van der Waals surface area contributed by atoms with E-state index in [9.17, 15) is 0 Å². The Kier molecular flexibility index (Phi) is 3.03. The first kappa shape index (κ1) is 15.2. The molecule has 22 heavy (non-hydrogen) atoms. The first-order valence-electron chi connectivity index (χ1n) is 9.16. The minimum atomic E-state index is -0.0475. The maximum absolute atomic E-state index is 6.58. The van der Waals surface area contributed by atoms with E-state index in [0.29, 0.717) is 28.8 Å². The van der Waals surface area contributed by atoms with E-state index in [-0.39, 0.29) is 11.9 Å². The second kappa shape index (κ2) is 4.39. The summed E-state index contributed by atoms with van der Waals surface area (Å²) in [5.74, 6) is 2.17. The Bertz CT molecular complexity index is 518. The normalized spacial score (nSPS) is 51.2. The van der Waals surface area contributed by atoms with Crippen LogP contribution in [-0.4, -0.2) is 18.0 Å². The van der Waals surface area contributed by atoms with Gasteiger partial charge >= 0.3 is 0 Å². The van der Waals surface area contributed by atoms with E-state index in [1.165, 1.54) is 24.8 Å². The second-order valence-corrected chi connectivity index (χ2v) is 9.68. The van der Waals surface area contributed by atoms with Crippen LogP contribution in [0.4, 0.5) is 0 Å². The van der Waals surface area contributed by atoms with Gasteiger partial charge in [-0.25, -0.2) is 0 Å². The molecule has 2 bridgehead atoms. The maximum atomic E-state index is 6.58. The molecule has 1 unspecified atom stereocenters. The Morgan fingerprint density at radius 2 is 1.86 bits per heavy atom. The zero-order valence-corrected chi connectivity index (χ0v) is 15.1. The molecule has 1 heterocycles. The zero-order chi connectivity index (χ0) is 15.9. The van der Waals surface area contributed by atoms with Crippen LogP contribution in [0.5, 0.6) is 0 Å². The van der Waals surface area contributed by atoms with Gasteiger partial charge in [0, 0.05) is 6.42 Å². The predicted octanol–water partition coefficient (Wildman–Crippen LogP) is 4.94. The van der Waals surface area contributed by atoms with Gasteiger partial charge in [-0.2, -0.15) is 0 Å². The topological polar surface area (TPSA) is 18.5 Å². The predicted molar refractivity (Wildman–Crippen MR) is 88.4 cm³/mol. The van der Waals surface area contributed by atoms with Gasteiger partial charge in [-0.1, -0.05) is 39.3 Å². The van der Waals surface area contributed by atoms with E-state index in [1.807, 2.05) is 0 Å². The van der Waals surface area contributed by atoms with Crippen LogP contribution in [0.3, 0.4) is 0 Å². The molecule has 0 amide bonds. The minimum Gasteiger partial charge on any atom is -0.346 e. The molecule has 2 heteroatoms. The average Bonchev–Trinajstić information content (AvgIpc) is 2.88. The van der Waals surface area contributed by atoms with Crippen molar-refractivity contribution in [1.29, 1.82) is 0 Å². The zero-order valence-electron chi connectivity index (χ0n) is 15.1. The van der Waals surface area contributed by atoms with Crippen LogP contribution < -0.4 is 0 Å². The lowest BCUT2D eigenvalue weighted by Crippen LogP contribution is -2.65. The Labute approximate surface area is 135 Å². The summed E-state index contributed by atoms with van der Waals surface area (Å²) in [7, 11) is 0. The highest BCUT2D eigenvalue weighted by Gasteiger charge is 2.67. The van der Waals surface area contributed by atoms with Crippen molar-refractivity contribution in [3.8, 4) is 0 Å². The largest absolute Gasteiger partial charge is 0.346 e. The fraction of sp³-hybridized carbons (Fsp3) is 0.900. The molecule has 4 fully saturated rings. The molecule has 0 spiro atoms. The van der Waals surface area contributed by atoms with Gasteiger partial charge in [0.05, 0.1) is 11.7 Å². The smallest absolute Gasteiger partial charge is 0.159 e. The van der Waals surface area contributed by atoms with Crippen LogP contribution in [0.15, 0.2) is 11.6 Å². The molecule has 0 aromatic rings. The lowest BCUT2D eigenvalue weighted by Gasteiger charge is -2.63. The summed E-state index contributed by atoms with van der Waals surface area (Å²) in [4.78, 5) is 0. The molecule has 4 aliphatic carbocycles. The van der Waals surface area contributed by atoms with Crippen molar-refractivity contribution in [2.75, 3.05) is 0 Å². The second-order valence-electron chi connectivity index (χ2n) is 9.68. The van der Waals surface area contributed by atoms with Gasteiger partial charge in [-0.3, -0.25) is 0 Å². The van der Waals surface area contributed by atoms with E-state index in [0.717, 1.165) is 12.3 Å². The van der Waals surface area contributed by atoms with E-state index >= 15 is 0 Å². The van der Waals surface area contributed by atoms with E-state index in [4.69, 9.17) is 9.47 Å². The molecule has 2 nitrogen and oxygen atoms in total. The minimum absolute atomic E-state index is 0.00808. The van der Waals surface area contributed by atoms with Crippen LogP contribution in [-0.2, 0) is 9.47 Å². The van der Waals surface area contributed by atoms with Crippen molar-refractivity contribution < 1.29 is 9.47 Å². The van der Waals surface area contributed by atoms with Crippen molar-refractivity contribution in [3.63, 3.8) is 0 Å². The fourth-order valence-corrected chi connectivity index (χ4v) is 5.87. The summed E-state index contributed by atoms with van der Waals surface area (Å²) in [6, 6.07) is 0. The third-order valence-corrected chi connectivity index (χ3v) is 8.22. The summed E-state index contributed by atoms with van der Waals surface area (Å²) >= 11 is 0. The molecule has 5 aliphatic rings. The molecule has 3 saturated carbocycles. The third-order valence-electron chi connectivity index (χ3n) is 8.22. The summed E-state index contributed by atoms with van der Waals surface area (Å²) in [5, 5.41) is 0. The Hall–Kier alpha value is -0.340. The highest BCUT2D eigenvalue weighted by Crippen LogP contribution is 2.66. The Morgan fingerprint density at radius 1 is 1.14 bits per heavy atom. The molecular formula is C20H32O2. The first-order chi connectivity index (χ1) is 10.2. The SMILES string of the molecule is CC1=CC[C@@H](CC2O[C@@H]3C[C@@H]4C[C@@H](C4(C)C)[C@]3(C)O2)C1(C)C. The molecule has 5 rings (SSSR count). The highest BCUT2D eigenvalue weighted by atomic mass is 16.7. The van der Waals surface area contributed by atoms with Crippen molar-refractivity contribution >= 4 is 0 Å². The monoisotopic (exact) mass is 304 g/mol. The molecule has 0 radical (unpaired) electrons. The molecular weight excluding hydrogens is 272 g/mol. The van der Waals surface area contributed by atoms with Gasteiger partial charge in [0.1, 0.15) is 0 Å². The molecule has 6 atom stereocenters. The van der Waals surface area contributed by atoms with Crippen molar-refractivity contribution in [2.45, 2.75) is 85.2 Å². The van der Waals surface area contributed by atoms with Crippen molar-refractivity contribution in [2.24, 2.45) is 28.6 Å². The molecule has 0 aromatic heterocycles. The molecule has 124 valence electrons. The molecule has 1 aliphatic heterocycles. The maximum Gasteiger partial charge on any atom is 0.159 e. The summed E-state index contributed by atoms with van der Waals surface area (Å²) in [6.45, 7) is 14.2. The van der Waals surface area contributed by atoms with E-state index < -0.39 is 0 Å². The number of hydrogen-bond acceptors (Lipinski definition) is 2. The standard InChI is InChI=1S/C20H32O2/c1-12-7-8-13(18(12,2)3)11-17-21-16-10-14-9-15(19(14,4)5)20(16,6)22-17/h7,13-17H,8-11H2,1-6H3/t13-,14-,15-,16+,17?,20-/m0/s1. The Balaban J connectivity index is 1.48. The van der Waals surface area contributed by atoms with Gasteiger partial charge in [0.25, 0.3) is 0 Å². The molecule has 0 N–H and O–H groups in total. The van der Waals surface area contributed by atoms with Gasteiger partial charge in [-0.05, 0) is 61.7 Å². The van der Waals surface area contributed by atoms with Crippen molar-refractivity contribution in [1.82, 2.24) is 0 Å². The van der Waals surface area contributed by atoms with Crippen LogP contribution in [0.2, 0.25) is 0 Å². The van der Waals surface area contributed by atoms with Crippen LogP contribution in [0.25, 0.3) is 0 Å². The Morgan fingerprint density at radius 3 is 2.45 bits per heavy atom. The fourth-order valence-electron chi connectivity index (χ4n) is 5.87. The molecule has 0 aromatic carbocycles. The summed E-state index contributed by atoms with van der Waals surface area (Å²) in [5.41, 5.74) is 2.22. The molecule has 1 saturated heterocycles. The quantitative estimate of drug-likeness (QED) is 0.673. The van der Waals surface area contributed by atoms with Crippen LogP contribution in [0, 0.1) is 28.6 Å². The van der Waals surface area contributed by atoms with Gasteiger partial charge in [0.2, 0.25) is 0 Å². The lowest BCUT2D eigenvalue weighted by molar-refractivity contribution is -0.210.